The fourth-order valence-electron chi connectivity index (χ4n) is 2.42. The van der Waals surface area contributed by atoms with Gasteiger partial charge in [-0.25, -0.2) is 4.98 Å². The van der Waals surface area contributed by atoms with Crippen molar-refractivity contribution in [3.8, 4) is 5.69 Å². The van der Waals surface area contributed by atoms with Crippen LogP contribution in [0.4, 0.5) is 0 Å². The number of aromatic nitrogens is 2. The van der Waals surface area contributed by atoms with Crippen LogP contribution in [0.3, 0.4) is 0 Å². The molecule has 0 bridgehead atoms. The number of likely N-dealkylation sites (N-methyl/N-ethyl adjacent to an activating group) is 1. The van der Waals surface area contributed by atoms with Crippen molar-refractivity contribution in [2.24, 2.45) is 0 Å². The van der Waals surface area contributed by atoms with Crippen LogP contribution in [-0.2, 0) is 0 Å². The van der Waals surface area contributed by atoms with Gasteiger partial charge in [0.25, 0.3) is 5.91 Å². The summed E-state index contributed by atoms with van der Waals surface area (Å²) in [4.78, 5) is 19.2. The summed E-state index contributed by atoms with van der Waals surface area (Å²) in [7, 11) is 0. The van der Waals surface area contributed by atoms with Crippen molar-refractivity contribution in [3.63, 3.8) is 0 Å². The van der Waals surface area contributed by atoms with Crippen LogP contribution in [-0.4, -0.2) is 52.8 Å². The van der Waals surface area contributed by atoms with E-state index in [1.165, 1.54) is 11.8 Å². The third-order valence-corrected chi connectivity index (χ3v) is 4.42. The van der Waals surface area contributed by atoms with Crippen LogP contribution in [0.25, 0.3) is 5.69 Å². The van der Waals surface area contributed by atoms with Gasteiger partial charge in [-0.05, 0) is 31.5 Å². The highest BCUT2D eigenvalue weighted by molar-refractivity contribution is 7.98. The second-order valence-corrected chi connectivity index (χ2v) is 5.86. The summed E-state index contributed by atoms with van der Waals surface area (Å²) in [6.07, 6.45) is 3.61. The normalized spacial score (nSPS) is 11.0. The number of carbonyl (C=O) groups is 1. The molecule has 2 rings (SSSR count). The van der Waals surface area contributed by atoms with Gasteiger partial charge in [-0.15, -0.1) is 0 Å². The lowest BCUT2D eigenvalue weighted by atomic mass is 10.3. The molecule has 5 nitrogen and oxygen atoms in total. The Morgan fingerprint density at radius 1 is 1.26 bits per heavy atom. The first-order valence-electron chi connectivity index (χ1n) is 7.88. The Kier molecular flexibility index (Phi) is 6.67. The summed E-state index contributed by atoms with van der Waals surface area (Å²) >= 11 is 1.53. The minimum absolute atomic E-state index is 0.0891. The Labute approximate surface area is 142 Å². The Hall–Kier alpha value is -1.79. The molecular formula is C17H24N4OS. The predicted octanol–water partition coefficient (Wildman–Crippen LogP) is 2.67. The molecule has 1 aromatic carbocycles. The number of benzene rings is 1. The number of hydrogen-bond donors (Lipinski definition) is 1. The van der Waals surface area contributed by atoms with E-state index in [2.05, 4.69) is 29.0 Å². The van der Waals surface area contributed by atoms with Crippen molar-refractivity contribution in [1.29, 1.82) is 0 Å². The van der Waals surface area contributed by atoms with Crippen molar-refractivity contribution < 1.29 is 4.79 Å². The Morgan fingerprint density at radius 2 is 1.96 bits per heavy atom. The molecule has 0 fully saturated rings. The van der Waals surface area contributed by atoms with Gasteiger partial charge in [0.1, 0.15) is 5.69 Å². The number of thioether (sulfide) groups is 1. The van der Waals surface area contributed by atoms with E-state index in [-0.39, 0.29) is 5.91 Å². The molecule has 0 unspecified atom stereocenters. The van der Waals surface area contributed by atoms with Gasteiger partial charge >= 0.3 is 0 Å². The molecule has 23 heavy (non-hydrogen) atoms. The first kappa shape index (κ1) is 17.6. The number of imidazole rings is 1. The number of hydrogen-bond acceptors (Lipinski definition) is 4. The maximum atomic E-state index is 12.5. The highest BCUT2D eigenvalue weighted by Crippen LogP contribution is 2.21. The molecular weight excluding hydrogens is 308 g/mol. The van der Waals surface area contributed by atoms with E-state index in [1.54, 1.807) is 6.20 Å². The van der Waals surface area contributed by atoms with Crippen LogP contribution in [0.1, 0.15) is 24.3 Å². The van der Waals surface area contributed by atoms with Crippen LogP contribution in [0, 0.1) is 0 Å². The van der Waals surface area contributed by atoms with E-state index in [4.69, 9.17) is 0 Å². The summed E-state index contributed by atoms with van der Waals surface area (Å²) in [6.45, 7) is 7.72. The minimum Gasteiger partial charge on any atom is -0.349 e. The number of para-hydroxylation sites is 1. The van der Waals surface area contributed by atoms with Crippen LogP contribution in [0.2, 0.25) is 0 Å². The van der Waals surface area contributed by atoms with Gasteiger partial charge in [-0.3, -0.25) is 9.36 Å². The molecule has 6 heteroatoms. The number of rotatable bonds is 8. The largest absolute Gasteiger partial charge is 0.349 e. The van der Waals surface area contributed by atoms with E-state index in [9.17, 15) is 4.79 Å². The van der Waals surface area contributed by atoms with Gasteiger partial charge in [0, 0.05) is 18.8 Å². The lowest BCUT2D eigenvalue weighted by Crippen LogP contribution is -2.35. The number of nitrogens with one attached hydrogen (secondary N) is 1. The zero-order chi connectivity index (χ0) is 16.7. The first-order valence-corrected chi connectivity index (χ1v) is 9.11. The van der Waals surface area contributed by atoms with Gasteiger partial charge in [0.05, 0.1) is 6.20 Å². The number of nitrogens with zero attached hydrogens (tertiary/aromatic N) is 3. The topological polar surface area (TPSA) is 50.2 Å². The molecule has 0 saturated carbocycles. The van der Waals surface area contributed by atoms with Crippen molar-refractivity contribution >= 4 is 17.7 Å². The molecule has 0 aliphatic heterocycles. The third kappa shape index (κ3) is 4.36. The molecule has 0 atom stereocenters. The summed E-state index contributed by atoms with van der Waals surface area (Å²) in [5, 5.41) is 3.81. The lowest BCUT2D eigenvalue weighted by Gasteiger charge is -2.18. The fraction of sp³-hybridized carbons (Fsp3) is 0.412. The van der Waals surface area contributed by atoms with Crippen LogP contribution >= 0.6 is 11.8 Å². The van der Waals surface area contributed by atoms with Gasteiger partial charge in [0.15, 0.2) is 5.16 Å². The van der Waals surface area contributed by atoms with Crippen molar-refractivity contribution in [3.05, 3.63) is 42.2 Å². The Morgan fingerprint density at radius 3 is 2.57 bits per heavy atom. The molecule has 0 saturated heterocycles. The SMILES string of the molecule is CCN(CC)CCNC(=O)c1cnc(SC)n1-c1ccccc1. The highest BCUT2D eigenvalue weighted by atomic mass is 32.2. The second kappa shape index (κ2) is 8.74. The second-order valence-electron chi connectivity index (χ2n) is 5.08. The third-order valence-electron chi connectivity index (χ3n) is 3.77. The van der Waals surface area contributed by atoms with Crippen LogP contribution < -0.4 is 5.32 Å². The molecule has 0 spiro atoms. The quantitative estimate of drug-likeness (QED) is 0.755. The van der Waals surface area contributed by atoms with E-state index in [1.807, 2.05) is 41.2 Å². The number of amides is 1. The smallest absolute Gasteiger partial charge is 0.270 e. The summed E-state index contributed by atoms with van der Waals surface area (Å²) in [5.41, 5.74) is 1.52. The minimum atomic E-state index is -0.0891. The summed E-state index contributed by atoms with van der Waals surface area (Å²) < 4.78 is 1.90. The van der Waals surface area contributed by atoms with E-state index < -0.39 is 0 Å². The van der Waals surface area contributed by atoms with Crippen LogP contribution in [0.15, 0.2) is 41.7 Å². The van der Waals surface area contributed by atoms with E-state index >= 15 is 0 Å². The highest BCUT2D eigenvalue weighted by Gasteiger charge is 2.17. The van der Waals surface area contributed by atoms with Crippen molar-refractivity contribution in [2.75, 3.05) is 32.4 Å². The van der Waals surface area contributed by atoms with Crippen molar-refractivity contribution in [2.45, 2.75) is 19.0 Å². The van der Waals surface area contributed by atoms with Gasteiger partial charge < -0.3 is 10.2 Å². The Balaban J connectivity index is 2.13. The maximum absolute atomic E-state index is 12.5. The molecule has 0 aliphatic carbocycles. The van der Waals surface area contributed by atoms with Gasteiger partial charge in [-0.1, -0.05) is 43.8 Å². The lowest BCUT2D eigenvalue weighted by molar-refractivity contribution is 0.0941. The zero-order valence-corrected chi connectivity index (χ0v) is 14.8. The predicted molar refractivity (Wildman–Crippen MR) is 95.5 cm³/mol. The van der Waals surface area contributed by atoms with E-state index in [0.717, 1.165) is 30.5 Å². The molecule has 1 N–H and O–H groups in total. The molecule has 2 aromatic rings. The molecule has 1 heterocycles. The molecule has 0 radical (unpaired) electrons. The standard InChI is InChI=1S/C17H24N4OS/c1-4-20(5-2)12-11-18-16(22)15-13-19-17(23-3)21(15)14-9-7-6-8-10-14/h6-10,13H,4-5,11-12H2,1-3H3,(H,18,22). The molecule has 1 amide bonds. The average Bonchev–Trinajstić information content (AvgIpc) is 3.03. The van der Waals surface area contributed by atoms with Gasteiger partial charge in [0.2, 0.25) is 0 Å². The average molecular weight is 332 g/mol. The molecule has 124 valence electrons. The Bertz CT molecular complexity index is 623. The summed E-state index contributed by atoms with van der Waals surface area (Å²) in [6, 6.07) is 9.84. The first-order chi connectivity index (χ1) is 11.2. The maximum Gasteiger partial charge on any atom is 0.270 e. The van der Waals surface area contributed by atoms with Crippen molar-refractivity contribution in [1.82, 2.24) is 19.8 Å². The number of carbonyl (C=O) groups excluding carboxylic acids is 1. The van der Waals surface area contributed by atoms with Gasteiger partial charge in [-0.2, -0.15) is 0 Å². The van der Waals surface area contributed by atoms with E-state index in [0.29, 0.717) is 12.2 Å². The molecule has 1 aromatic heterocycles. The summed E-state index contributed by atoms with van der Waals surface area (Å²) in [5.74, 6) is -0.0891. The fourth-order valence-corrected chi connectivity index (χ4v) is 2.97. The molecule has 0 aliphatic rings. The van der Waals surface area contributed by atoms with Crippen LogP contribution in [0.5, 0.6) is 0 Å². The monoisotopic (exact) mass is 332 g/mol. The zero-order valence-electron chi connectivity index (χ0n) is 14.0.